The summed E-state index contributed by atoms with van der Waals surface area (Å²) in [5, 5.41) is 0. The third-order valence-corrected chi connectivity index (χ3v) is 5.37. The summed E-state index contributed by atoms with van der Waals surface area (Å²) >= 11 is 0. The summed E-state index contributed by atoms with van der Waals surface area (Å²) in [5.41, 5.74) is 2.52. The molecule has 24 heavy (non-hydrogen) atoms. The van der Waals surface area contributed by atoms with Crippen LogP contribution in [-0.4, -0.2) is 55.7 Å². The first-order valence-corrected chi connectivity index (χ1v) is 9.50. The molecule has 2 aliphatic rings. The SMILES string of the molecule is CCOCc1cc(CN2CC[C@H](N3CCCCC3)C2)ccc1OC. The van der Waals surface area contributed by atoms with Gasteiger partial charge in [-0.05, 0) is 57.0 Å². The van der Waals surface area contributed by atoms with Crippen molar-refractivity contribution in [2.75, 3.05) is 39.9 Å². The van der Waals surface area contributed by atoms with Gasteiger partial charge < -0.3 is 9.47 Å². The highest BCUT2D eigenvalue weighted by molar-refractivity contribution is 5.37. The van der Waals surface area contributed by atoms with E-state index in [0.29, 0.717) is 6.61 Å². The quantitative estimate of drug-likeness (QED) is 0.765. The van der Waals surface area contributed by atoms with Crippen LogP contribution in [0.4, 0.5) is 0 Å². The van der Waals surface area contributed by atoms with Crippen molar-refractivity contribution in [1.82, 2.24) is 9.80 Å². The maximum atomic E-state index is 5.58. The average molecular weight is 332 g/mol. The molecule has 0 bridgehead atoms. The number of piperidine rings is 1. The fourth-order valence-corrected chi connectivity index (χ4v) is 4.05. The first-order valence-electron chi connectivity index (χ1n) is 9.50. The van der Waals surface area contributed by atoms with Crippen molar-refractivity contribution in [2.24, 2.45) is 0 Å². The van der Waals surface area contributed by atoms with Crippen LogP contribution >= 0.6 is 0 Å². The number of nitrogens with zero attached hydrogens (tertiary/aromatic N) is 2. The van der Waals surface area contributed by atoms with Crippen LogP contribution in [0, 0.1) is 0 Å². The Balaban J connectivity index is 1.57. The van der Waals surface area contributed by atoms with Gasteiger partial charge in [0.2, 0.25) is 0 Å². The van der Waals surface area contributed by atoms with Gasteiger partial charge in [0.15, 0.2) is 0 Å². The standard InChI is InChI=1S/C20H32N2O2/c1-3-24-16-18-13-17(7-8-20(18)23-2)14-21-12-9-19(15-21)22-10-5-4-6-11-22/h7-8,13,19H,3-6,9-12,14-16H2,1-2H3/t19-/m0/s1. The molecule has 2 aliphatic heterocycles. The van der Waals surface area contributed by atoms with Crippen molar-refractivity contribution in [3.8, 4) is 5.75 Å². The molecule has 2 heterocycles. The molecule has 0 unspecified atom stereocenters. The molecule has 1 atom stereocenters. The lowest BCUT2D eigenvalue weighted by Crippen LogP contribution is -2.40. The Morgan fingerprint density at radius 3 is 2.71 bits per heavy atom. The van der Waals surface area contributed by atoms with E-state index < -0.39 is 0 Å². The summed E-state index contributed by atoms with van der Waals surface area (Å²) in [6, 6.07) is 7.30. The first kappa shape index (κ1) is 17.7. The number of rotatable bonds is 7. The van der Waals surface area contributed by atoms with Crippen LogP contribution in [0.2, 0.25) is 0 Å². The van der Waals surface area contributed by atoms with E-state index in [-0.39, 0.29) is 0 Å². The van der Waals surface area contributed by atoms with Crippen molar-refractivity contribution < 1.29 is 9.47 Å². The molecule has 0 spiro atoms. The van der Waals surface area contributed by atoms with Crippen LogP contribution in [0.3, 0.4) is 0 Å². The molecular formula is C20H32N2O2. The Labute approximate surface area is 146 Å². The number of likely N-dealkylation sites (tertiary alicyclic amines) is 2. The van der Waals surface area contributed by atoms with Crippen molar-refractivity contribution >= 4 is 0 Å². The van der Waals surface area contributed by atoms with E-state index in [0.717, 1.165) is 30.5 Å². The summed E-state index contributed by atoms with van der Waals surface area (Å²) in [7, 11) is 1.73. The molecular weight excluding hydrogens is 300 g/mol. The zero-order valence-corrected chi connectivity index (χ0v) is 15.3. The summed E-state index contributed by atoms with van der Waals surface area (Å²) in [4.78, 5) is 5.32. The molecule has 1 aromatic rings. The smallest absolute Gasteiger partial charge is 0.124 e. The molecule has 2 saturated heterocycles. The van der Waals surface area contributed by atoms with E-state index in [1.165, 1.54) is 57.4 Å². The second kappa shape index (κ2) is 8.84. The van der Waals surface area contributed by atoms with Crippen molar-refractivity contribution in [3.05, 3.63) is 29.3 Å². The predicted molar refractivity (Wildman–Crippen MR) is 97.4 cm³/mol. The van der Waals surface area contributed by atoms with Gasteiger partial charge in [-0.25, -0.2) is 0 Å². The van der Waals surface area contributed by atoms with Crippen LogP contribution in [0.5, 0.6) is 5.75 Å². The molecule has 4 nitrogen and oxygen atoms in total. The lowest BCUT2D eigenvalue weighted by molar-refractivity contribution is 0.132. The van der Waals surface area contributed by atoms with Crippen molar-refractivity contribution in [2.45, 2.75) is 51.8 Å². The molecule has 134 valence electrons. The van der Waals surface area contributed by atoms with Gasteiger partial charge in [-0.15, -0.1) is 0 Å². The topological polar surface area (TPSA) is 24.9 Å². The van der Waals surface area contributed by atoms with Gasteiger partial charge in [0.25, 0.3) is 0 Å². The number of benzene rings is 1. The van der Waals surface area contributed by atoms with Gasteiger partial charge in [0.1, 0.15) is 5.75 Å². The monoisotopic (exact) mass is 332 g/mol. The Morgan fingerprint density at radius 2 is 1.96 bits per heavy atom. The van der Waals surface area contributed by atoms with E-state index >= 15 is 0 Å². The fourth-order valence-electron chi connectivity index (χ4n) is 4.05. The van der Waals surface area contributed by atoms with Crippen molar-refractivity contribution in [1.29, 1.82) is 0 Å². The van der Waals surface area contributed by atoms with Gasteiger partial charge in [0, 0.05) is 37.8 Å². The van der Waals surface area contributed by atoms with E-state index in [9.17, 15) is 0 Å². The van der Waals surface area contributed by atoms with Crippen LogP contribution in [0.25, 0.3) is 0 Å². The van der Waals surface area contributed by atoms with E-state index in [1.807, 2.05) is 6.92 Å². The van der Waals surface area contributed by atoms with Gasteiger partial charge in [-0.3, -0.25) is 9.80 Å². The van der Waals surface area contributed by atoms with Gasteiger partial charge in [0.05, 0.1) is 13.7 Å². The largest absolute Gasteiger partial charge is 0.496 e. The second-order valence-electron chi connectivity index (χ2n) is 7.06. The minimum Gasteiger partial charge on any atom is -0.496 e. The molecule has 0 amide bonds. The summed E-state index contributed by atoms with van der Waals surface area (Å²) in [5.74, 6) is 0.930. The van der Waals surface area contributed by atoms with Crippen LogP contribution in [0.15, 0.2) is 18.2 Å². The van der Waals surface area contributed by atoms with E-state index in [2.05, 4.69) is 28.0 Å². The number of hydrogen-bond donors (Lipinski definition) is 0. The van der Waals surface area contributed by atoms with Gasteiger partial charge in [-0.1, -0.05) is 12.5 Å². The molecule has 1 aromatic carbocycles. The third kappa shape index (κ3) is 4.50. The molecule has 2 fully saturated rings. The Hall–Kier alpha value is -1.10. The van der Waals surface area contributed by atoms with Crippen LogP contribution in [0.1, 0.15) is 43.7 Å². The Morgan fingerprint density at radius 1 is 1.12 bits per heavy atom. The molecule has 0 saturated carbocycles. The van der Waals surface area contributed by atoms with Crippen LogP contribution < -0.4 is 4.74 Å². The highest BCUT2D eigenvalue weighted by Gasteiger charge is 2.28. The van der Waals surface area contributed by atoms with Crippen LogP contribution in [-0.2, 0) is 17.9 Å². The van der Waals surface area contributed by atoms with Gasteiger partial charge in [-0.2, -0.15) is 0 Å². The summed E-state index contributed by atoms with van der Waals surface area (Å²) in [6.45, 7) is 9.47. The lowest BCUT2D eigenvalue weighted by Gasteiger charge is -2.32. The molecule has 0 N–H and O–H groups in total. The zero-order chi connectivity index (χ0) is 16.8. The van der Waals surface area contributed by atoms with E-state index in [4.69, 9.17) is 9.47 Å². The average Bonchev–Trinajstić information content (AvgIpc) is 3.09. The number of methoxy groups -OCH3 is 1. The normalized spacial score (nSPS) is 22.8. The predicted octanol–water partition coefficient (Wildman–Crippen LogP) is 3.29. The molecule has 0 radical (unpaired) electrons. The first-order chi connectivity index (χ1) is 11.8. The van der Waals surface area contributed by atoms with Crippen molar-refractivity contribution in [3.63, 3.8) is 0 Å². The Bertz CT molecular complexity index is 514. The molecule has 3 rings (SSSR count). The minimum atomic E-state index is 0.629. The van der Waals surface area contributed by atoms with Gasteiger partial charge >= 0.3 is 0 Å². The third-order valence-electron chi connectivity index (χ3n) is 5.37. The number of ether oxygens (including phenoxy) is 2. The lowest BCUT2D eigenvalue weighted by atomic mass is 10.1. The highest BCUT2D eigenvalue weighted by Crippen LogP contribution is 2.24. The minimum absolute atomic E-state index is 0.629. The Kier molecular flexibility index (Phi) is 6.52. The summed E-state index contributed by atoms with van der Waals surface area (Å²) in [6.07, 6.45) is 5.51. The fraction of sp³-hybridized carbons (Fsp3) is 0.700. The molecule has 0 aliphatic carbocycles. The number of hydrogen-bond acceptors (Lipinski definition) is 4. The highest BCUT2D eigenvalue weighted by atomic mass is 16.5. The second-order valence-corrected chi connectivity index (χ2v) is 7.06. The van der Waals surface area contributed by atoms with E-state index in [1.54, 1.807) is 7.11 Å². The molecule has 4 heteroatoms. The zero-order valence-electron chi connectivity index (χ0n) is 15.3. The summed E-state index contributed by atoms with van der Waals surface area (Å²) < 4.78 is 11.0. The molecule has 0 aromatic heterocycles. The maximum Gasteiger partial charge on any atom is 0.124 e. The maximum absolute atomic E-state index is 5.58.